The highest BCUT2D eigenvalue weighted by Gasteiger charge is 2.29. The Labute approximate surface area is 175 Å². The SMILES string of the molecule is Cc1ncsc1-c1ccc(CNC(=O)[C@@H]2C[C@@H](OCc3ccccc3)CN2)cc1. The molecule has 1 amide bonds. The zero-order chi connectivity index (χ0) is 20.1. The first-order valence-electron chi connectivity index (χ1n) is 9.85. The molecule has 0 radical (unpaired) electrons. The van der Waals surface area contributed by atoms with Crippen LogP contribution >= 0.6 is 11.3 Å². The molecule has 1 fully saturated rings. The smallest absolute Gasteiger partial charge is 0.237 e. The lowest BCUT2D eigenvalue weighted by atomic mass is 10.1. The number of nitrogens with zero attached hydrogens (tertiary/aromatic N) is 1. The van der Waals surface area contributed by atoms with Gasteiger partial charge in [-0.25, -0.2) is 4.98 Å². The number of thiazole rings is 1. The Kier molecular flexibility index (Phi) is 6.34. The summed E-state index contributed by atoms with van der Waals surface area (Å²) in [5.41, 5.74) is 6.31. The van der Waals surface area contributed by atoms with Crippen LogP contribution in [0.4, 0.5) is 0 Å². The number of hydrogen-bond donors (Lipinski definition) is 2. The third-order valence-electron chi connectivity index (χ3n) is 5.16. The van der Waals surface area contributed by atoms with Crippen molar-refractivity contribution in [2.75, 3.05) is 6.54 Å². The summed E-state index contributed by atoms with van der Waals surface area (Å²) >= 11 is 1.65. The highest BCUT2D eigenvalue weighted by Crippen LogP contribution is 2.27. The molecule has 5 nitrogen and oxygen atoms in total. The molecule has 1 aromatic heterocycles. The van der Waals surface area contributed by atoms with Gasteiger partial charge in [0.15, 0.2) is 0 Å². The Morgan fingerprint density at radius 1 is 1.17 bits per heavy atom. The lowest BCUT2D eigenvalue weighted by Crippen LogP contribution is -2.39. The maximum Gasteiger partial charge on any atom is 0.237 e. The zero-order valence-corrected chi connectivity index (χ0v) is 17.2. The molecule has 2 aromatic carbocycles. The molecule has 2 atom stereocenters. The van der Waals surface area contributed by atoms with Gasteiger partial charge in [0.25, 0.3) is 0 Å². The predicted octanol–water partition coefficient (Wildman–Crippen LogP) is 3.68. The molecule has 1 saturated heterocycles. The van der Waals surface area contributed by atoms with Crippen LogP contribution in [0.3, 0.4) is 0 Å². The van der Waals surface area contributed by atoms with Crippen LogP contribution in [0.15, 0.2) is 60.1 Å². The van der Waals surface area contributed by atoms with E-state index in [1.54, 1.807) is 11.3 Å². The van der Waals surface area contributed by atoms with Crippen molar-refractivity contribution in [3.05, 3.63) is 76.9 Å². The summed E-state index contributed by atoms with van der Waals surface area (Å²) in [7, 11) is 0. The first kappa shape index (κ1) is 19.8. The Morgan fingerprint density at radius 3 is 2.69 bits per heavy atom. The zero-order valence-electron chi connectivity index (χ0n) is 16.4. The summed E-state index contributed by atoms with van der Waals surface area (Å²) in [4.78, 5) is 18.0. The van der Waals surface area contributed by atoms with E-state index in [-0.39, 0.29) is 18.1 Å². The molecule has 0 aliphatic carbocycles. The van der Waals surface area contributed by atoms with Gasteiger partial charge in [-0.1, -0.05) is 54.6 Å². The molecule has 0 bridgehead atoms. The van der Waals surface area contributed by atoms with Gasteiger partial charge in [-0.15, -0.1) is 11.3 Å². The molecular formula is C23H25N3O2S. The summed E-state index contributed by atoms with van der Waals surface area (Å²) in [5.74, 6) is 0.0261. The van der Waals surface area contributed by atoms with E-state index in [0.29, 0.717) is 26.1 Å². The second kappa shape index (κ2) is 9.31. The number of benzene rings is 2. The molecule has 0 unspecified atom stereocenters. The normalized spacial score (nSPS) is 18.7. The summed E-state index contributed by atoms with van der Waals surface area (Å²) < 4.78 is 5.94. The average molecular weight is 408 g/mol. The highest BCUT2D eigenvalue weighted by atomic mass is 32.1. The Bertz CT molecular complexity index is 940. The van der Waals surface area contributed by atoms with Crippen LogP contribution in [0.2, 0.25) is 0 Å². The topological polar surface area (TPSA) is 63.2 Å². The number of aromatic nitrogens is 1. The van der Waals surface area contributed by atoms with Crippen molar-refractivity contribution in [1.29, 1.82) is 0 Å². The summed E-state index contributed by atoms with van der Waals surface area (Å²) in [6, 6.07) is 18.2. The van der Waals surface area contributed by atoms with Gasteiger partial charge < -0.3 is 15.4 Å². The fourth-order valence-electron chi connectivity index (χ4n) is 3.48. The minimum absolute atomic E-state index is 0.0261. The van der Waals surface area contributed by atoms with Crippen molar-refractivity contribution < 1.29 is 9.53 Å². The first-order valence-corrected chi connectivity index (χ1v) is 10.7. The van der Waals surface area contributed by atoms with Crippen LogP contribution in [0.25, 0.3) is 10.4 Å². The number of rotatable bonds is 7. The molecule has 3 aromatic rings. The monoisotopic (exact) mass is 407 g/mol. The van der Waals surface area contributed by atoms with Crippen molar-refractivity contribution in [3.63, 3.8) is 0 Å². The minimum atomic E-state index is -0.199. The van der Waals surface area contributed by atoms with Crippen LogP contribution in [0.1, 0.15) is 23.2 Å². The molecular weight excluding hydrogens is 382 g/mol. The summed E-state index contributed by atoms with van der Waals surface area (Å²) in [6.07, 6.45) is 0.760. The Balaban J connectivity index is 1.23. The Hall–Kier alpha value is -2.54. The van der Waals surface area contributed by atoms with E-state index >= 15 is 0 Å². The van der Waals surface area contributed by atoms with Crippen LogP contribution in [0.5, 0.6) is 0 Å². The second-order valence-electron chi connectivity index (χ2n) is 7.30. The number of nitrogens with one attached hydrogen (secondary N) is 2. The fourth-order valence-corrected chi connectivity index (χ4v) is 4.30. The van der Waals surface area contributed by atoms with Gasteiger partial charge >= 0.3 is 0 Å². The second-order valence-corrected chi connectivity index (χ2v) is 8.15. The summed E-state index contributed by atoms with van der Waals surface area (Å²) in [5, 5.41) is 6.30. The quantitative estimate of drug-likeness (QED) is 0.627. The van der Waals surface area contributed by atoms with Crippen molar-refractivity contribution in [2.45, 2.75) is 38.6 Å². The standard InChI is InChI=1S/C23H25N3O2S/c1-16-22(29-15-26-16)19-9-7-17(8-10-19)12-25-23(27)21-11-20(13-24-21)28-14-18-5-3-2-4-6-18/h2-10,15,20-21,24H,11-14H2,1H3,(H,25,27)/t20-,21+/m1/s1. The van der Waals surface area contributed by atoms with E-state index in [2.05, 4.69) is 39.9 Å². The average Bonchev–Trinajstić information content (AvgIpc) is 3.41. The van der Waals surface area contributed by atoms with Crippen LogP contribution in [-0.4, -0.2) is 29.6 Å². The number of hydrogen-bond acceptors (Lipinski definition) is 5. The molecule has 29 heavy (non-hydrogen) atoms. The molecule has 4 rings (SSSR count). The highest BCUT2D eigenvalue weighted by molar-refractivity contribution is 7.13. The van der Waals surface area contributed by atoms with Gasteiger partial charge in [0, 0.05) is 13.1 Å². The molecule has 2 heterocycles. The predicted molar refractivity (Wildman–Crippen MR) is 116 cm³/mol. The van der Waals surface area contributed by atoms with Crippen molar-refractivity contribution in [3.8, 4) is 10.4 Å². The molecule has 6 heteroatoms. The molecule has 1 aliphatic heterocycles. The van der Waals surface area contributed by atoms with E-state index in [1.807, 2.05) is 42.8 Å². The number of carbonyl (C=O) groups is 1. The lowest BCUT2D eigenvalue weighted by molar-refractivity contribution is -0.123. The van der Waals surface area contributed by atoms with E-state index in [0.717, 1.165) is 22.4 Å². The van der Waals surface area contributed by atoms with Gasteiger partial charge in [0.2, 0.25) is 5.91 Å². The molecule has 0 spiro atoms. The van der Waals surface area contributed by atoms with E-state index in [4.69, 9.17) is 4.74 Å². The molecule has 150 valence electrons. The van der Waals surface area contributed by atoms with Crippen LogP contribution in [-0.2, 0) is 22.7 Å². The first-order chi connectivity index (χ1) is 14.2. The number of ether oxygens (including phenoxy) is 1. The molecule has 1 aliphatic rings. The molecule has 2 N–H and O–H groups in total. The number of amides is 1. The lowest BCUT2D eigenvalue weighted by Gasteiger charge is -2.13. The van der Waals surface area contributed by atoms with Gasteiger partial charge in [0.05, 0.1) is 34.8 Å². The van der Waals surface area contributed by atoms with Gasteiger partial charge in [-0.2, -0.15) is 0 Å². The minimum Gasteiger partial charge on any atom is -0.372 e. The van der Waals surface area contributed by atoms with Gasteiger partial charge in [-0.05, 0) is 30.0 Å². The summed E-state index contributed by atoms with van der Waals surface area (Å²) in [6.45, 7) is 3.82. The van der Waals surface area contributed by atoms with Gasteiger partial charge in [-0.3, -0.25) is 4.79 Å². The van der Waals surface area contributed by atoms with Crippen molar-refractivity contribution in [2.24, 2.45) is 0 Å². The van der Waals surface area contributed by atoms with Crippen LogP contribution in [0, 0.1) is 6.92 Å². The maximum absolute atomic E-state index is 12.5. The largest absolute Gasteiger partial charge is 0.372 e. The van der Waals surface area contributed by atoms with E-state index in [1.165, 1.54) is 4.88 Å². The number of aryl methyl sites for hydroxylation is 1. The molecule has 0 saturated carbocycles. The van der Waals surface area contributed by atoms with E-state index < -0.39 is 0 Å². The maximum atomic E-state index is 12.5. The van der Waals surface area contributed by atoms with E-state index in [9.17, 15) is 4.79 Å². The fraction of sp³-hybridized carbons (Fsp3) is 0.304. The number of carbonyl (C=O) groups excluding carboxylic acids is 1. The van der Waals surface area contributed by atoms with Crippen LogP contribution < -0.4 is 10.6 Å². The van der Waals surface area contributed by atoms with Crippen molar-refractivity contribution in [1.82, 2.24) is 15.6 Å². The Morgan fingerprint density at radius 2 is 1.97 bits per heavy atom. The third-order valence-corrected chi connectivity index (χ3v) is 6.14. The third kappa shape index (κ3) is 5.09. The van der Waals surface area contributed by atoms with Crippen molar-refractivity contribution >= 4 is 17.2 Å². The van der Waals surface area contributed by atoms with Gasteiger partial charge in [0.1, 0.15) is 0 Å².